The van der Waals surface area contributed by atoms with Gasteiger partial charge >= 0.3 is 5.97 Å². The summed E-state index contributed by atoms with van der Waals surface area (Å²) in [6, 6.07) is -1.48. The zero-order valence-electron chi connectivity index (χ0n) is 27.4. The molecule has 0 unspecified atom stereocenters. The number of methoxy groups -OCH3 is 1. The summed E-state index contributed by atoms with van der Waals surface area (Å²) in [5, 5.41) is 98.5. The number of aliphatic hydroxyl groups excluding tert-OH is 8. The molecule has 3 aliphatic rings. The number of unbranched alkanes of at least 4 members (excludes halogenated alkanes) is 5. The van der Waals surface area contributed by atoms with Gasteiger partial charge in [0.2, 0.25) is 5.91 Å². The highest BCUT2D eigenvalue weighted by atomic mass is 16.7. The van der Waals surface area contributed by atoms with Gasteiger partial charge in [-0.15, -0.1) is 0 Å². The van der Waals surface area contributed by atoms with Crippen molar-refractivity contribution >= 4 is 11.9 Å². The topological polar surface area (TPSA) is 284 Å². The maximum Gasteiger partial charge on any atom is 0.305 e. The number of carbonyl (C=O) groups is 2. The average Bonchev–Trinajstić information content (AvgIpc) is 3.06. The van der Waals surface area contributed by atoms with Crippen molar-refractivity contribution in [3.05, 3.63) is 0 Å². The number of nitrogens with one attached hydrogen (secondary N) is 1. The van der Waals surface area contributed by atoms with E-state index in [1.54, 1.807) is 0 Å². The number of hydrogen-bond donors (Lipinski definition) is 10. The monoisotopic (exact) mass is 699 g/mol. The molecule has 18 heteroatoms. The molecule has 3 saturated heterocycles. The maximum atomic E-state index is 12.5. The van der Waals surface area contributed by atoms with Crippen LogP contribution in [0.1, 0.15) is 58.8 Å². The highest BCUT2D eigenvalue weighted by molar-refractivity contribution is 5.73. The molecule has 0 aromatic rings. The van der Waals surface area contributed by atoms with Gasteiger partial charge in [-0.05, 0) is 19.8 Å². The molecule has 3 aliphatic heterocycles. The van der Waals surface area contributed by atoms with E-state index in [9.17, 15) is 55.5 Å². The van der Waals surface area contributed by atoms with E-state index >= 15 is 0 Å². The number of carbonyl (C=O) groups excluding carboxylic acids is 2. The van der Waals surface area contributed by atoms with Crippen molar-refractivity contribution in [3.8, 4) is 0 Å². The van der Waals surface area contributed by atoms with Crippen LogP contribution in [-0.2, 0) is 38.0 Å². The molecule has 0 radical (unpaired) electrons. The first-order chi connectivity index (χ1) is 22.7. The Hall–Kier alpha value is -1.62. The summed E-state index contributed by atoms with van der Waals surface area (Å²) in [7, 11) is 1.34. The molecule has 0 aromatic heterocycles. The zero-order chi connectivity index (χ0) is 35.8. The van der Waals surface area contributed by atoms with Crippen molar-refractivity contribution in [1.82, 2.24) is 5.32 Å². The second-order valence-electron chi connectivity index (χ2n) is 12.6. The summed E-state index contributed by atoms with van der Waals surface area (Å²) >= 11 is 0. The van der Waals surface area contributed by atoms with Crippen molar-refractivity contribution in [2.75, 3.05) is 26.9 Å². The zero-order valence-corrected chi connectivity index (χ0v) is 27.4. The van der Waals surface area contributed by atoms with E-state index in [4.69, 9.17) is 23.7 Å². The van der Waals surface area contributed by atoms with E-state index in [2.05, 4.69) is 10.1 Å². The molecule has 3 heterocycles. The molecule has 0 spiro atoms. The van der Waals surface area contributed by atoms with E-state index in [-0.39, 0.29) is 12.6 Å². The summed E-state index contributed by atoms with van der Waals surface area (Å²) in [6.45, 7) is 0.838. The predicted molar refractivity (Wildman–Crippen MR) is 160 cm³/mol. The minimum absolute atomic E-state index is 0.0801. The average molecular weight is 700 g/mol. The standard InChI is InChI=1S/C30H53NO17/c1-14-20(36)22(38)24(40)27(45-14)30(42)17(13-33)47-28(44-11-9-7-5-4-6-8-10-18(35)43-3)19(31-15(2)34)26(30)48-29-25(41)23(39)21(37)16(12-32)46-29/h14,16-17,19-29,32-33,36-42H,4-13H2,1-3H3,(H,31,34)/t14-,16+,17+,19+,20+,21-,22+,23-,24-,25+,26+,27+,28+,29-,30+/m0/s1. The van der Waals surface area contributed by atoms with Crippen LogP contribution in [0.25, 0.3) is 0 Å². The van der Waals surface area contributed by atoms with Crippen LogP contribution in [0.4, 0.5) is 0 Å². The highest BCUT2D eigenvalue weighted by Gasteiger charge is 2.66. The summed E-state index contributed by atoms with van der Waals surface area (Å²) < 4.78 is 33.9. The Kier molecular flexibility index (Phi) is 15.8. The molecule has 10 N–H and O–H groups in total. The van der Waals surface area contributed by atoms with E-state index in [0.29, 0.717) is 19.3 Å². The van der Waals surface area contributed by atoms with Crippen molar-refractivity contribution < 1.29 is 84.0 Å². The van der Waals surface area contributed by atoms with E-state index < -0.39 is 110 Å². The quantitative estimate of drug-likeness (QED) is 0.0541. The molecule has 0 saturated carbocycles. The Bertz CT molecular complexity index is 1010. The Labute approximate surface area is 278 Å². The van der Waals surface area contributed by atoms with Gasteiger partial charge in [0, 0.05) is 20.0 Å². The normalized spacial score (nSPS) is 41.9. The van der Waals surface area contributed by atoms with Crippen LogP contribution < -0.4 is 5.32 Å². The van der Waals surface area contributed by atoms with Gasteiger partial charge in [0.1, 0.15) is 67.1 Å². The van der Waals surface area contributed by atoms with Crippen molar-refractivity contribution in [2.45, 2.75) is 150 Å². The number of amides is 1. The smallest absolute Gasteiger partial charge is 0.305 e. The second-order valence-corrected chi connectivity index (χ2v) is 12.6. The molecule has 15 atom stereocenters. The molecule has 18 nitrogen and oxygen atoms in total. The summed E-state index contributed by atoms with van der Waals surface area (Å²) in [6.07, 6.45) is -17.5. The molecule has 48 heavy (non-hydrogen) atoms. The first kappa shape index (κ1) is 40.8. The molecule has 3 rings (SSSR count). The SMILES string of the molecule is COC(=O)CCCCCCCCO[C@@H]1O[C@H](CO)[C@](O)([C@@H]2O[C@@H](C)[C@@H](O)[C@@H](O)[C@@H]2O)[C@H](O[C@@H]2O[C@H](CO)[C@H](O)[C@H](O)[C@H]2O)[C@H]1NC(C)=O. The molecule has 280 valence electrons. The van der Waals surface area contributed by atoms with E-state index in [1.165, 1.54) is 14.0 Å². The summed E-state index contributed by atoms with van der Waals surface area (Å²) in [5.41, 5.74) is -2.68. The molecular formula is C30H53NO17. The molecule has 1 amide bonds. The van der Waals surface area contributed by atoms with Crippen LogP contribution in [0.2, 0.25) is 0 Å². The van der Waals surface area contributed by atoms with Crippen LogP contribution in [0, 0.1) is 0 Å². The van der Waals surface area contributed by atoms with Gasteiger partial charge < -0.3 is 79.7 Å². The minimum atomic E-state index is -2.68. The Balaban J connectivity index is 1.88. The lowest BCUT2D eigenvalue weighted by Gasteiger charge is -2.57. The first-order valence-corrected chi connectivity index (χ1v) is 16.3. The van der Waals surface area contributed by atoms with Gasteiger partial charge in [-0.1, -0.05) is 25.7 Å². The number of rotatable bonds is 16. The third-order valence-electron chi connectivity index (χ3n) is 9.15. The fourth-order valence-corrected chi connectivity index (χ4v) is 6.36. The molecular weight excluding hydrogens is 646 g/mol. The van der Waals surface area contributed by atoms with Crippen LogP contribution in [0.5, 0.6) is 0 Å². The number of hydrogen-bond acceptors (Lipinski definition) is 17. The lowest BCUT2D eigenvalue weighted by atomic mass is 9.74. The largest absolute Gasteiger partial charge is 0.469 e. The first-order valence-electron chi connectivity index (χ1n) is 16.3. The Morgan fingerprint density at radius 1 is 0.771 bits per heavy atom. The lowest BCUT2D eigenvalue weighted by molar-refractivity contribution is -0.388. The fourth-order valence-electron chi connectivity index (χ4n) is 6.36. The molecule has 3 fully saturated rings. The van der Waals surface area contributed by atoms with Crippen LogP contribution >= 0.6 is 0 Å². The van der Waals surface area contributed by atoms with Gasteiger partial charge in [-0.25, -0.2) is 0 Å². The van der Waals surface area contributed by atoms with Gasteiger partial charge in [-0.3, -0.25) is 9.59 Å². The third-order valence-corrected chi connectivity index (χ3v) is 9.15. The summed E-state index contributed by atoms with van der Waals surface area (Å²) in [4.78, 5) is 23.7. The van der Waals surface area contributed by atoms with Crippen LogP contribution in [0.3, 0.4) is 0 Å². The van der Waals surface area contributed by atoms with Crippen LogP contribution in [0.15, 0.2) is 0 Å². The molecule has 0 aliphatic carbocycles. The fraction of sp³-hybridized carbons (Fsp3) is 0.933. The lowest BCUT2D eigenvalue weighted by Crippen LogP contribution is -2.79. The van der Waals surface area contributed by atoms with Gasteiger partial charge in [0.15, 0.2) is 18.2 Å². The van der Waals surface area contributed by atoms with E-state index in [0.717, 1.165) is 32.6 Å². The second kappa shape index (κ2) is 18.6. The van der Waals surface area contributed by atoms with Crippen molar-refractivity contribution in [3.63, 3.8) is 0 Å². The van der Waals surface area contributed by atoms with Crippen molar-refractivity contribution in [1.29, 1.82) is 0 Å². The maximum absolute atomic E-state index is 12.5. The number of aliphatic hydroxyl groups is 9. The summed E-state index contributed by atoms with van der Waals surface area (Å²) in [5.74, 6) is -0.926. The minimum Gasteiger partial charge on any atom is -0.469 e. The van der Waals surface area contributed by atoms with Gasteiger partial charge in [0.25, 0.3) is 0 Å². The number of ether oxygens (including phenoxy) is 6. The molecule has 0 bridgehead atoms. The van der Waals surface area contributed by atoms with Crippen LogP contribution in [-0.4, -0.2) is 176 Å². The Morgan fingerprint density at radius 2 is 1.40 bits per heavy atom. The Morgan fingerprint density at radius 3 is 2.00 bits per heavy atom. The van der Waals surface area contributed by atoms with E-state index in [1.807, 2.05) is 0 Å². The predicted octanol–water partition coefficient (Wildman–Crippen LogP) is -4.09. The van der Waals surface area contributed by atoms with Crippen molar-refractivity contribution in [2.24, 2.45) is 0 Å². The third kappa shape index (κ3) is 9.38. The highest BCUT2D eigenvalue weighted by Crippen LogP contribution is 2.42. The van der Waals surface area contributed by atoms with Gasteiger partial charge in [0.05, 0.1) is 26.4 Å². The number of esters is 1. The van der Waals surface area contributed by atoms with Gasteiger partial charge in [-0.2, -0.15) is 0 Å². The molecule has 0 aromatic carbocycles.